The Balaban J connectivity index is 2.09. The van der Waals surface area contributed by atoms with Gasteiger partial charge in [-0.2, -0.15) is 13.2 Å². The van der Waals surface area contributed by atoms with Gasteiger partial charge in [-0.1, -0.05) is 6.07 Å². The molecule has 0 atom stereocenters. The van der Waals surface area contributed by atoms with Gasteiger partial charge in [0.1, 0.15) is 11.6 Å². The van der Waals surface area contributed by atoms with E-state index in [-0.39, 0.29) is 17.7 Å². The summed E-state index contributed by atoms with van der Waals surface area (Å²) in [5.41, 5.74) is -1.02. The van der Waals surface area contributed by atoms with Gasteiger partial charge in [-0.15, -0.1) is 0 Å². The SMILES string of the molecule is CCOc1ccc(C(=O)NCc2ccc(F)cc2C(F)(F)F)cc1. The van der Waals surface area contributed by atoms with Crippen LogP contribution in [0.4, 0.5) is 17.6 Å². The Hall–Kier alpha value is -2.57. The van der Waals surface area contributed by atoms with Gasteiger partial charge in [-0.05, 0) is 48.9 Å². The van der Waals surface area contributed by atoms with Crippen LogP contribution in [0.1, 0.15) is 28.4 Å². The summed E-state index contributed by atoms with van der Waals surface area (Å²) in [5, 5.41) is 2.40. The van der Waals surface area contributed by atoms with Crippen LogP contribution in [0.25, 0.3) is 0 Å². The predicted molar refractivity (Wildman–Crippen MR) is 80.2 cm³/mol. The Kier molecular flexibility index (Phi) is 5.43. The largest absolute Gasteiger partial charge is 0.494 e. The highest BCUT2D eigenvalue weighted by molar-refractivity contribution is 5.94. The minimum absolute atomic E-state index is 0.205. The lowest BCUT2D eigenvalue weighted by Crippen LogP contribution is -2.24. The van der Waals surface area contributed by atoms with E-state index in [1.54, 1.807) is 12.1 Å². The fourth-order valence-electron chi connectivity index (χ4n) is 2.11. The molecule has 0 spiro atoms. The standard InChI is InChI=1S/C17H15F4NO2/c1-2-24-14-7-4-11(5-8-14)16(23)22-10-12-3-6-13(18)9-15(12)17(19,20)21/h3-9H,2,10H2,1H3,(H,22,23). The number of amides is 1. The van der Waals surface area contributed by atoms with Crippen LogP contribution in [0.2, 0.25) is 0 Å². The van der Waals surface area contributed by atoms with Crippen molar-refractivity contribution in [3.05, 3.63) is 65.0 Å². The van der Waals surface area contributed by atoms with Crippen molar-refractivity contribution in [1.29, 1.82) is 0 Å². The summed E-state index contributed by atoms with van der Waals surface area (Å²) in [6.45, 7) is 1.94. The van der Waals surface area contributed by atoms with Crippen LogP contribution in [-0.2, 0) is 12.7 Å². The molecule has 0 aliphatic heterocycles. The van der Waals surface area contributed by atoms with Gasteiger partial charge in [-0.25, -0.2) is 4.39 Å². The quantitative estimate of drug-likeness (QED) is 0.829. The first kappa shape index (κ1) is 17.8. The van der Waals surface area contributed by atoms with Crippen LogP contribution in [0.5, 0.6) is 5.75 Å². The second-order valence-corrected chi connectivity index (χ2v) is 4.94. The minimum atomic E-state index is -4.69. The van der Waals surface area contributed by atoms with Crippen molar-refractivity contribution in [3.8, 4) is 5.75 Å². The van der Waals surface area contributed by atoms with Crippen molar-refractivity contribution in [2.45, 2.75) is 19.6 Å². The number of nitrogens with one attached hydrogen (secondary N) is 1. The summed E-state index contributed by atoms with van der Waals surface area (Å²) >= 11 is 0. The fourth-order valence-corrected chi connectivity index (χ4v) is 2.11. The highest BCUT2D eigenvalue weighted by Gasteiger charge is 2.33. The molecule has 0 bridgehead atoms. The van der Waals surface area contributed by atoms with Gasteiger partial charge in [-0.3, -0.25) is 4.79 Å². The van der Waals surface area contributed by atoms with Crippen molar-refractivity contribution >= 4 is 5.91 Å². The maximum absolute atomic E-state index is 13.0. The lowest BCUT2D eigenvalue weighted by molar-refractivity contribution is -0.138. The molecule has 2 rings (SSSR count). The molecule has 0 fully saturated rings. The van der Waals surface area contributed by atoms with Crippen LogP contribution in [-0.4, -0.2) is 12.5 Å². The minimum Gasteiger partial charge on any atom is -0.494 e. The van der Waals surface area contributed by atoms with Crippen LogP contribution < -0.4 is 10.1 Å². The van der Waals surface area contributed by atoms with Crippen LogP contribution in [0.3, 0.4) is 0 Å². The monoisotopic (exact) mass is 341 g/mol. The number of alkyl halides is 3. The van der Waals surface area contributed by atoms with Gasteiger partial charge in [0, 0.05) is 12.1 Å². The smallest absolute Gasteiger partial charge is 0.416 e. The molecule has 24 heavy (non-hydrogen) atoms. The van der Waals surface area contributed by atoms with Crippen molar-refractivity contribution in [3.63, 3.8) is 0 Å². The second kappa shape index (κ2) is 7.33. The van der Waals surface area contributed by atoms with E-state index in [0.717, 1.165) is 12.1 Å². The van der Waals surface area contributed by atoms with Gasteiger partial charge >= 0.3 is 6.18 Å². The van der Waals surface area contributed by atoms with E-state index < -0.39 is 23.5 Å². The third kappa shape index (κ3) is 4.47. The zero-order chi connectivity index (χ0) is 17.7. The van der Waals surface area contributed by atoms with Crippen LogP contribution in [0, 0.1) is 5.82 Å². The maximum atomic E-state index is 13.0. The predicted octanol–water partition coefficient (Wildman–Crippen LogP) is 4.17. The van der Waals surface area contributed by atoms with Gasteiger partial charge in [0.05, 0.1) is 12.2 Å². The summed E-state index contributed by atoms with van der Waals surface area (Å²) in [6, 6.07) is 8.56. The van der Waals surface area contributed by atoms with Crippen LogP contribution >= 0.6 is 0 Å². The first-order chi connectivity index (χ1) is 11.3. The number of carbonyl (C=O) groups is 1. The molecular weight excluding hydrogens is 326 g/mol. The molecule has 0 aliphatic carbocycles. The molecule has 0 saturated carbocycles. The molecule has 1 amide bonds. The van der Waals surface area contributed by atoms with Crippen molar-refractivity contribution in [2.75, 3.05) is 6.61 Å². The van der Waals surface area contributed by atoms with Gasteiger partial charge in [0.25, 0.3) is 5.91 Å². The highest BCUT2D eigenvalue weighted by atomic mass is 19.4. The summed E-state index contributed by atoms with van der Waals surface area (Å²) < 4.78 is 57.0. The second-order valence-electron chi connectivity index (χ2n) is 4.94. The number of rotatable bonds is 5. The number of benzene rings is 2. The molecule has 0 aliphatic rings. The van der Waals surface area contributed by atoms with Crippen molar-refractivity contribution in [1.82, 2.24) is 5.32 Å². The number of carbonyl (C=O) groups excluding carboxylic acids is 1. The first-order valence-corrected chi connectivity index (χ1v) is 7.18. The molecule has 7 heteroatoms. The zero-order valence-corrected chi connectivity index (χ0v) is 12.8. The Morgan fingerprint density at radius 2 is 1.79 bits per heavy atom. The molecule has 0 saturated heterocycles. The molecule has 0 heterocycles. The van der Waals surface area contributed by atoms with Crippen LogP contribution in [0.15, 0.2) is 42.5 Å². The number of ether oxygens (including phenoxy) is 1. The van der Waals surface area contributed by atoms with E-state index in [4.69, 9.17) is 4.74 Å². The molecule has 0 aromatic heterocycles. The lowest BCUT2D eigenvalue weighted by atomic mass is 10.1. The van der Waals surface area contributed by atoms with E-state index in [2.05, 4.69) is 5.32 Å². The Labute approximate surface area is 136 Å². The first-order valence-electron chi connectivity index (χ1n) is 7.18. The summed E-state index contributed by atoms with van der Waals surface area (Å²) in [7, 11) is 0. The van der Waals surface area contributed by atoms with Crippen molar-refractivity contribution < 1.29 is 27.1 Å². The molecule has 3 nitrogen and oxygen atoms in total. The average molecular weight is 341 g/mol. The molecule has 2 aromatic carbocycles. The number of hydrogen-bond acceptors (Lipinski definition) is 2. The summed E-state index contributed by atoms with van der Waals surface area (Å²) in [4.78, 5) is 12.0. The molecule has 128 valence electrons. The maximum Gasteiger partial charge on any atom is 0.416 e. The average Bonchev–Trinajstić information content (AvgIpc) is 2.53. The molecular formula is C17H15F4NO2. The molecule has 2 aromatic rings. The van der Waals surface area contributed by atoms with Crippen molar-refractivity contribution in [2.24, 2.45) is 0 Å². The zero-order valence-electron chi connectivity index (χ0n) is 12.8. The Morgan fingerprint density at radius 3 is 2.38 bits per heavy atom. The van der Waals surface area contributed by atoms with E-state index in [1.165, 1.54) is 12.1 Å². The lowest BCUT2D eigenvalue weighted by Gasteiger charge is -2.13. The van der Waals surface area contributed by atoms with Gasteiger partial charge in [0.15, 0.2) is 0 Å². The van der Waals surface area contributed by atoms with E-state index >= 15 is 0 Å². The molecule has 0 radical (unpaired) electrons. The Morgan fingerprint density at radius 1 is 1.12 bits per heavy atom. The third-order valence-corrected chi connectivity index (χ3v) is 3.24. The van der Waals surface area contributed by atoms with E-state index in [0.29, 0.717) is 18.4 Å². The van der Waals surface area contributed by atoms with E-state index in [9.17, 15) is 22.4 Å². The number of hydrogen-bond donors (Lipinski definition) is 1. The van der Waals surface area contributed by atoms with Gasteiger partial charge < -0.3 is 10.1 Å². The number of halogens is 4. The van der Waals surface area contributed by atoms with Gasteiger partial charge in [0.2, 0.25) is 0 Å². The fraction of sp³-hybridized carbons (Fsp3) is 0.235. The third-order valence-electron chi connectivity index (χ3n) is 3.24. The summed E-state index contributed by atoms with van der Waals surface area (Å²) in [6.07, 6.45) is -4.69. The normalized spacial score (nSPS) is 11.2. The highest BCUT2D eigenvalue weighted by Crippen LogP contribution is 2.32. The molecule has 1 N–H and O–H groups in total. The summed E-state index contributed by atoms with van der Waals surface area (Å²) in [5.74, 6) is -0.925. The molecule has 0 unspecified atom stereocenters. The van der Waals surface area contributed by atoms with E-state index in [1.807, 2.05) is 6.92 Å². The topological polar surface area (TPSA) is 38.3 Å². The Bertz CT molecular complexity index is 712.